The van der Waals surface area contributed by atoms with Gasteiger partial charge in [0, 0.05) is 13.5 Å². The molecular weight excluding hydrogens is 537 g/mol. The quantitative estimate of drug-likeness (QED) is 0.235. The number of nitrogens with zero attached hydrogens (tertiary/aromatic N) is 3. The zero-order valence-electron chi connectivity index (χ0n) is 23.6. The predicted molar refractivity (Wildman–Crippen MR) is 170 cm³/mol. The summed E-state index contributed by atoms with van der Waals surface area (Å²) in [7, 11) is 1.73. The molecule has 2 aliphatic carbocycles. The summed E-state index contributed by atoms with van der Waals surface area (Å²) in [4.78, 5) is 28.5. The zero-order chi connectivity index (χ0) is 29.6. The molecule has 0 fully saturated rings. The lowest BCUT2D eigenvalue weighted by atomic mass is 9.99. The number of carbonyl (C=O) groups excluding carboxylic acids is 2. The summed E-state index contributed by atoms with van der Waals surface area (Å²) in [6.45, 7) is 29.8. The standard InChI is InChI=1S/C32H38N4O2S2/c1-10-24-20(5)18-28(26(24)12-3)31(38)36(9)32-35-34-29(40-32)16-14-13-15-21(6)39-23(8)33-30(37)27-17-19(4)22(7)25(27)11-2/h10-12,27-28H,1-6,8,13-18H2,7,9H3,(H,33,37). The van der Waals surface area contributed by atoms with E-state index in [-0.39, 0.29) is 23.7 Å². The lowest BCUT2D eigenvalue weighted by molar-refractivity contribution is -0.123. The Morgan fingerprint density at radius 1 is 1.02 bits per heavy atom. The average molecular weight is 575 g/mol. The molecule has 0 bridgehead atoms. The maximum atomic E-state index is 13.2. The van der Waals surface area contributed by atoms with Crippen molar-refractivity contribution in [1.29, 1.82) is 0 Å². The van der Waals surface area contributed by atoms with Crippen LogP contribution in [0, 0.1) is 11.8 Å². The number of nitrogens with one attached hydrogen (secondary N) is 1. The molecular formula is C32H38N4O2S2. The summed E-state index contributed by atoms with van der Waals surface area (Å²) >= 11 is 2.82. The molecule has 0 saturated heterocycles. The Morgan fingerprint density at radius 3 is 2.35 bits per heavy atom. The minimum atomic E-state index is -0.333. The van der Waals surface area contributed by atoms with Crippen molar-refractivity contribution in [2.45, 2.75) is 45.4 Å². The number of carbonyl (C=O) groups is 2. The highest BCUT2D eigenvalue weighted by Crippen LogP contribution is 2.39. The molecule has 1 N–H and O–H groups in total. The molecule has 3 rings (SSSR count). The Morgan fingerprint density at radius 2 is 1.70 bits per heavy atom. The van der Waals surface area contributed by atoms with Crippen molar-refractivity contribution in [3.63, 3.8) is 0 Å². The fraction of sp³-hybridized carbons (Fsp3) is 0.312. The van der Waals surface area contributed by atoms with Crippen molar-refractivity contribution in [2.75, 3.05) is 11.9 Å². The molecule has 2 aliphatic rings. The first kappa shape index (κ1) is 31.0. The van der Waals surface area contributed by atoms with E-state index in [1.807, 2.05) is 6.92 Å². The molecule has 8 heteroatoms. The van der Waals surface area contributed by atoms with Crippen LogP contribution in [-0.4, -0.2) is 29.1 Å². The first-order valence-corrected chi connectivity index (χ1v) is 14.8. The zero-order valence-corrected chi connectivity index (χ0v) is 25.2. The molecule has 2 atom stereocenters. The summed E-state index contributed by atoms with van der Waals surface area (Å²) in [6.07, 6.45) is 9.71. The van der Waals surface area contributed by atoms with Crippen molar-refractivity contribution in [3.05, 3.63) is 113 Å². The summed E-state index contributed by atoms with van der Waals surface area (Å²) in [5.41, 5.74) is 5.60. The number of thioether (sulfide) groups is 1. The average Bonchev–Trinajstić information content (AvgIpc) is 3.60. The molecule has 210 valence electrons. The van der Waals surface area contributed by atoms with Crippen LogP contribution in [0.3, 0.4) is 0 Å². The van der Waals surface area contributed by atoms with Gasteiger partial charge in [0.25, 0.3) is 0 Å². The van der Waals surface area contributed by atoms with Crippen LogP contribution in [0.1, 0.15) is 44.0 Å². The van der Waals surface area contributed by atoms with E-state index in [0.717, 1.165) is 69.0 Å². The maximum absolute atomic E-state index is 13.2. The van der Waals surface area contributed by atoms with Gasteiger partial charge in [-0.3, -0.25) is 14.5 Å². The third-order valence-corrected chi connectivity index (χ3v) is 9.17. The Labute approximate surface area is 246 Å². The summed E-state index contributed by atoms with van der Waals surface area (Å²) in [5.74, 6) is -0.754. The van der Waals surface area contributed by atoms with Crippen LogP contribution in [0.25, 0.3) is 0 Å². The highest BCUT2D eigenvalue weighted by molar-refractivity contribution is 8.06. The Kier molecular flexibility index (Phi) is 10.7. The SMILES string of the molecule is C=CC1=C(C=C)C(C(=O)N(C)c2nnc(CCCCC(=C)SC(=C)NC(=O)C3CC(=C)C(C)=C3C=C)s2)CC1=C. The third kappa shape index (κ3) is 6.98. The highest BCUT2D eigenvalue weighted by Gasteiger charge is 2.34. The van der Waals surface area contributed by atoms with E-state index in [4.69, 9.17) is 0 Å². The molecule has 1 aromatic rings. The molecule has 0 radical (unpaired) electrons. The van der Waals surface area contributed by atoms with Gasteiger partial charge in [0.2, 0.25) is 16.9 Å². The van der Waals surface area contributed by atoms with E-state index in [1.54, 1.807) is 30.2 Å². The molecule has 0 spiro atoms. The number of allylic oxidation sites excluding steroid dienone is 8. The molecule has 0 aliphatic heterocycles. The summed E-state index contributed by atoms with van der Waals surface area (Å²) < 4.78 is 0. The van der Waals surface area contributed by atoms with Crippen LogP contribution < -0.4 is 10.2 Å². The van der Waals surface area contributed by atoms with E-state index in [9.17, 15) is 9.59 Å². The van der Waals surface area contributed by atoms with Crippen LogP contribution in [0.2, 0.25) is 0 Å². The van der Waals surface area contributed by atoms with E-state index in [1.165, 1.54) is 23.1 Å². The smallest absolute Gasteiger partial charge is 0.236 e. The van der Waals surface area contributed by atoms with Crippen molar-refractivity contribution in [1.82, 2.24) is 15.5 Å². The second kappa shape index (κ2) is 13.7. The van der Waals surface area contributed by atoms with Gasteiger partial charge in [0.05, 0.1) is 16.9 Å². The van der Waals surface area contributed by atoms with Crippen molar-refractivity contribution in [2.24, 2.45) is 11.8 Å². The van der Waals surface area contributed by atoms with Gasteiger partial charge in [-0.05, 0) is 71.8 Å². The van der Waals surface area contributed by atoms with Gasteiger partial charge in [-0.2, -0.15) is 0 Å². The normalized spacial score (nSPS) is 18.6. The third-order valence-electron chi connectivity index (χ3n) is 7.27. The van der Waals surface area contributed by atoms with Crippen LogP contribution in [0.15, 0.2) is 108 Å². The van der Waals surface area contributed by atoms with E-state index in [0.29, 0.717) is 23.0 Å². The second-order valence-electron chi connectivity index (χ2n) is 9.92. The lowest BCUT2D eigenvalue weighted by Crippen LogP contribution is -2.32. The summed E-state index contributed by atoms with van der Waals surface area (Å²) in [5, 5.41) is 13.5. The molecule has 0 saturated carbocycles. The fourth-order valence-corrected chi connectivity index (χ4v) is 6.57. The monoisotopic (exact) mass is 574 g/mol. The van der Waals surface area contributed by atoms with Gasteiger partial charge in [-0.25, -0.2) is 0 Å². The molecule has 1 heterocycles. The maximum Gasteiger partial charge on any atom is 0.236 e. The van der Waals surface area contributed by atoms with Crippen molar-refractivity contribution in [3.8, 4) is 0 Å². The number of unbranched alkanes of at least 4 members (excludes halogenated alkanes) is 1. The van der Waals surface area contributed by atoms with Crippen molar-refractivity contribution < 1.29 is 9.59 Å². The Bertz CT molecular complexity index is 1360. The largest absolute Gasteiger partial charge is 0.320 e. The summed E-state index contributed by atoms with van der Waals surface area (Å²) in [6, 6.07) is 0. The Hall–Kier alpha value is -3.49. The number of aryl methyl sites for hydroxylation is 1. The number of aromatic nitrogens is 2. The topological polar surface area (TPSA) is 75.2 Å². The van der Waals surface area contributed by atoms with E-state index < -0.39 is 0 Å². The minimum absolute atomic E-state index is 0.0546. The van der Waals surface area contributed by atoms with Gasteiger partial charge >= 0.3 is 0 Å². The number of hydrogen-bond acceptors (Lipinski definition) is 6. The van der Waals surface area contributed by atoms with Crippen LogP contribution >= 0.6 is 23.1 Å². The number of rotatable bonds is 14. The molecule has 6 nitrogen and oxygen atoms in total. The first-order valence-electron chi connectivity index (χ1n) is 13.2. The van der Waals surface area contributed by atoms with Gasteiger partial charge in [0.1, 0.15) is 5.01 Å². The second-order valence-corrected chi connectivity index (χ2v) is 12.2. The van der Waals surface area contributed by atoms with Gasteiger partial charge in [-0.15, -0.1) is 10.2 Å². The van der Waals surface area contributed by atoms with Gasteiger partial charge in [-0.1, -0.05) is 93.0 Å². The Balaban J connectivity index is 1.42. The first-order chi connectivity index (χ1) is 19.0. The lowest BCUT2D eigenvalue weighted by Gasteiger charge is -2.19. The van der Waals surface area contributed by atoms with E-state index >= 15 is 0 Å². The number of hydrogen-bond donors (Lipinski definition) is 1. The highest BCUT2D eigenvalue weighted by atomic mass is 32.2. The molecule has 2 unspecified atom stereocenters. The van der Waals surface area contributed by atoms with E-state index in [2.05, 4.69) is 61.6 Å². The molecule has 0 aromatic carbocycles. The number of amides is 2. The van der Waals surface area contributed by atoms with Gasteiger partial charge < -0.3 is 5.32 Å². The predicted octanol–water partition coefficient (Wildman–Crippen LogP) is 7.37. The molecule has 1 aromatic heterocycles. The fourth-order valence-electron chi connectivity index (χ4n) is 4.98. The number of anilines is 1. The van der Waals surface area contributed by atoms with Crippen molar-refractivity contribution >= 4 is 40.0 Å². The minimum Gasteiger partial charge on any atom is -0.320 e. The molecule has 40 heavy (non-hydrogen) atoms. The van der Waals surface area contributed by atoms with Crippen LogP contribution in [-0.2, 0) is 16.0 Å². The van der Waals surface area contributed by atoms with Crippen LogP contribution in [0.5, 0.6) is 0 Å². The molecule has 2 amide bonds. The van der Waals surface area contributed by atoms with Crippen LogP contribution in [0.4, 0.5) is 5.13 Å². The van der Waals surface area contributed by atoms with Gasteiger partial charge in [0.15, 0.2) is 0 Å².